The van der Waals surface area contributed by atoms with Gasteiger partial charge in [-0.15, -0.1) is 0 Å². The minimum Gasteiger partial charge on any atom is -0.496 e. The van der Waals surface area contributed by atoms with Gasteiger partial charge in [0.15, 0.2) is 5.16 Å². The molecule has 1 saturated heterocycles. The van der Waals surface area contributed by atoms with E-state index in [1.807, 2.05) is 32.0 Å². The van der Waals surface area contributed by atoms with E-state index in [9.17, 15) is 4.79 Å². The number of hydrogen-bond donors (Lipinski definition) is 1. The second-order valence-electron chi connectivity index (χ2n) is 6.64. The Bertz CT molecular complexity index is 845. The summed E-state index contributed by atoms with van der Waals surface area (Å²) in [6.07, 6.45) is 4.05. The first kappa shape index (κ1) is 20.1. The molecule has 1 aliphatic rings. The van der Waals surface area contributed by atoms with Gasteiger partial charge in [-0.2, -0.15) is 5.10 Å². The van der Waals surface area contributed by atoms with Crippen LogP contribution in [0.4, 0.5) is 5.69 Å². The minimum absolute atomic E-state index is 0.200. The van der Waals surface area contributed by atoms with Crippen molar-refractivity contribution in [2.45, 2.75) is 31.8 Å². The van der Waals surface area contributed by atoms with Crippen molar-refractivity contribution in [3.63, 3.8) is 0 Å². The molecule has 28 heavy (non-hydrogen) atoms. The van der Waals surface area contributed by atoms with Crippen LogP contribution in [0.5, 0.6) is 5.75 Å². The number of carbonyl (C=O) groups is 1. The van der Waals surface area contributed by atoms with Gasteiger partial charge in [-0.1, -0.05) is 11.8 Å². The average molecular weight is 400 g/mol. The molecule has 1 fully saturated rings. The van der Waals surface area contributed by atoms with E-state index < -0.39 is 0 Å². The summed E-state index contributed by atoms with van der Waals surface area (Å²) in [5, 5.41) is 4.65. The number of nitrogens with zero attached hydrogens (tertiary/aromatic N) is 4. The highest BCUT2D eigenvalue weighted by atomic mass is 32.2. The van der Waals surface area contributed by atoms with Crippen LogP contribution in [0.1, 0.15) is 29.8 Å². The van der Waals surface area contributed by atoms with Crippen LogP contribution in [0.25, 0.3) is 0 Å². The summed E-state index contributed by atoms with van der Waals surface area (Å²) in [7, 11) is 1.64. The van der Waals surface area contributed by atoms with Gasteiger partial charge in [0.2, 0.25) is 0 Å². The minimum atomic E-state index is -0.211. The van der Waals surface area contributed by atoms with E-state index in [-0.39, 0.29) is 11.7 Å². The molecule has 1 amide bonds. The molecule has 0 unspecified atom stereocenters. The molecule has 0 radical (unpaired) electrons. The normalized spacial score (nSPS) is 13.9. The second-order valence-corrected chi connectivity index (χ2v) is 7.58. The Morgan fingerprint density at radius 1 is 1.25 bits per heavy atom. The highest BCUT2D eigenvalue weighted by Gasteiger charge is 2.14. The Balaban J connectivity index is 1.55. The molecule has 2 heterocycles. The number of carbonyl (C=O) groups excluding carboxylic acids is 1. The van der Waals surface area contributed by atoms with Gasteiger partial charge in [0.1, 0.15) is 5.75 Å². The first-order chi connectivity index (χ1) is 13.5. The highest BCUT2D eigenvalue weighted by molar-refractivity contribution is 7.99. The van der Waals surface area contributed by atoms with Gasteiger partial charge in [-0.05, 0) is 44.9 Å². The number of amides is 1. The molecule has 148 valence electrons. The average Bonchev–Trinajstić information content (AvgIpc) is 3.20. The third-order valence-corrected chi connectivity index (χ3v) is 5.22. The maximum atomic E-state index is 12.0. The molecule has 1 N–H and O–H groups in total. The van der Waals surface area contributed by atoms with Crippen LogP contribution >= 0.6 is 11.8 Å². The maximum absolute atomic E-state index is 12.0. The van der Waals surface area contributed by atoms with Crippen molar-refractivity contribution < 1.29 is 9.53 Å². The number of aromatic nitrogens is 2. The highest BCUT2D eigenvalue weighted by Crippen LogP contribution is 2.27. The lowest BCUT2D eigenvalue weighted by molar-refractivity contribution is -0.118. The third-order valence-electron chi connectivity index (χ3n) is 4.38. The van der Waals surface area contributed by atoms with E-state index in [4.69, 9.17) is 4.74 Å². The van der Waals surface area contributed by atoms with E-state index in [0.717, 1.165) is 41.5 Å². The smallest absolute Gasteiger partial charge is 0.250 e. The zero-order chi connectivity index (χ0) is 19.9. The van der Waals surface area contributed by atoms with E-state index in [1.54, 1.807) is 13.3 Å². The predicted octanol–water partition coefficient (Wildman–Crippen LogP) is 2.94. The van der Waals surface area contributed by atoms with Crippen molar-refractivity contribution in [1.29, 1.82) is 0 Å². The molecular formula is C20H25N5O2S. The summed E-state index contributed by atoms with van der Waals surface area (Å²) in [5.41, 5.74) is 6.28. The van der Waals surface area contributed by atoms with Gasteiger partial charge in [0.05, 0.1) is 19.1 Å². The van der Waals surface area contributed by atoms with Crippen LogP contribution in [0, 0.1) is 13.8 Å². The van der Waals surface area contributed by atoms with Gasteiger partial charge in [0.25, 0.3) is 5.91 Å². The monoisotopic (exact) mass is 399 g/mol. The fourth-order valence-electron chi connectivity index (χ4n) is 3.07. The zero-order valence-corrected chi connectivity index (χ0v) is 17.3. The number of thioether (sulfide) groups is 1. The summed E-state index contributed by atoms with van der Waals surface area (Å²) in [4.78, 5) is 23.0. The van der Waals surface area contributed by atoms with E-state index in [2.05, 4.69) is 31.5 Å². The lowest BCUT2D eigenvalue weighted by atomic mass is 10.2. The largest absolute Gasteiger partial charge is 0.496 e. The van der Waals surface area contributed by atoms with Crippen molar-refractivity contribution in [3.05, 3.63) is 41.2 Å². The number of benzene rings is 1. The summed E-state index contributed by atoms with van der Waals surface area (Å²) in [6.45, 7) is 5.97. The molecule has 1 aromatic heterocycles. The fourth-order valence-corrected chi connectivity index (χ4v) is 3.81. The molecule has 0 bridgehead atoms. The number of methoxy groups -OCH3 is 1. The number of nitrogens with one attached hydrogen (secondary N) is 1. The predicted molar refractivity (Wildman–Crippen MR) is 112 cm³/mol. The number of rotatable bonds is 7. The van der Waals surface area contributed by atoms with Crippen LogP contribution in [0.3, 0.4) is 0 Å². The Labute approximate surface area is 169 Å². The first-order valence-electron chi connectivity index (χ1n) is 9.25. The lowest BCUT2D eigenvalue weighted by Gasteiger charge is -2.18. The molecule has 0 aliphatic carbocycles. The number of aryl methyl sites for hydroxylation is 2. The summed E-state index contributed by atoms with van der Waals surface area (Å²) in [6, 6.07) is 7.93. The Morgan fingerprint density at radius 2 is 1.96 bits per heavy atom. The van der Waals surface area contributed by atoms with Crippen molar-refractivity contribution in [3.8, 4) is 5.75 Å². The molecule has 1 aliphatic heterocycles. The molecule has 0 atom stereocenters. The third kappa shape index (κ3) is 5.45. The maximum Gasteiger partial charge on any atom is 0.250 e. The molecule has 0 saturated carbocycles. The fraction of sp³-hybridized carbons (Fsp3) is 0.400. The molecular weight excluding hydrogens is 374 g/mol. The van der Waals surface area contributed by atoms with E-state index >= 15 is 0 Å². The Morgan fingerprint density at radius 3 is 2.64 bits per heavy atom. The number of hydrogen-bond acceptors (Lipinski definition) is 7. The first-order valence-corrected chi connectivity index (χ1v) is 10.2. The van der Waals surface area contributed by atoms with Gasteiger partial charge in [-0.3, -0.25) is 4.79 Å². The van der Waals surface area contributed by atoms with Crippen molar-refractivity contribution in [2.24, 2.45) is 5.10 Å². The number of anilines is 1. The van der Waals surface area contributed by atoms with Crippen LogP contribution in [0.2, 0.25) is 0 Å². The Hall–Kier alpha value is -2.61. The van der Waals surface area contributed by atoms with Crippen LogP contribution in [-0.2, 0) is 4.79 Å². The molecule has 3 rings (SSSR count). The van der Waals surface area contributed by atoms with Gasteiger partial charge in [-0.25, -0.2) is 15.4 Å². The number of hydrazone groups is 1. The standard InChI is InChI=1S/C20H25N5O2S/c1-14-10-15(2)23-20(22-14)28-13-19(26)24-21-12-16-6-7-17(11-18(16)27-3)25-8-4-5-9-25/h6-7,10-12H,4-5,8-9,13H2,1-3H3,(H,24,26). The van der Waals surface area contributed by atoms with Gasteiger partial charge >= 0.3 is 0 Å². The second kappa shape index (κ2) is 9.54. The van der Waals surface area contributed by atoms with E-state index in [0.29, 0.717) is 5.16 Å². The number of ether oxygens (including phenoxy) is 1. The SMILES string of the molecule is COc1cc(N2CCCC2)ccc1C=NNC(=O)CSc1nc(C)cc(C)n1. The van der Waals surface area contributed by atoms with E-state index in [1.165, 1.54) is 24.6 Å². The van der Waals surface area contributed by atoms with Crippen LogP contribution in [-0.4, -0.2) is 48.0 Å². The van der Waals surface area contributed by atoms with Gasteiger partial charge < -0.3 is 9.64 Å². The van der Waals surface area contributed by atoms with Crippen LogP contribution < -0.4 is 15.1 Å². The Kier molecular flexibility index (Phi) is 6.86. The molecule has 7 nitrogen and oxygen atoms in total. The van der Waals surface area contributed by atoms with Gasteiger partial charge in [0, 0.05) is 41.8 Å². The topological polar surface area (TPSA) is 79.7 Å². The molecule has 0 spiro atoms. The van der Waals surface area contributed by atoms with Crippen molar-refractivity contribution >= 4 is 29.6 Å². The zero-order valence-electron chi connectivity index (χ0n) is 16.4. The van der Waals surface area contributed by atoms with Crippen molar-refractivity contribution in [1.82, 2.24) is 15.4 Å². The summed E-state index contributed by atoms with van der Waals surface area (Å²) < 4.78 is 5.48. The summed E-state index contributed by atoms with van der Waals surface area (Å²) >= 11 is 1.29. The molecule has 8 heteroatoms. The molecule has 2 aromatic rings. The summed E-state index contributed by atoms with van der Waals surface area (Å²) in [5.74, 6) is 0.725. The van der Waals surface area contributed by atoms with Crippen molar-refractivity contribution in [2.75, 3.05) is 30.9 Å². The lowest BCUT2D eigenvalue weighted by Crippen LogP contribution is -2.20. The molecule has 1 aromatic carbocycles. The quantitative estimate of drug-likeness (QED) is 0.334. The van der Waals surface area contributed by atoms with Crippen LogP contribution in [0.15, 0.2) is 34.5 Å².